The fraction of sp³-hybridized carbons (Fsp3) is 0.500. The van der Waals surface area contributed by atoms with E-state index in [9.17, 15) is 0 Å². The fourth-order valence-electron chi connectivity index (χ4n) is 1.98. The van der Waals surface area contributed by atoms with Crippen LogP contribution < -0.4 is 10.1 Å². The molecule has 0 aliphatic carbocycles. The second kappa shape index (κ2) is 5.38. The van der Waals surface area contributed by atoms with E-state index < -0.39 is 0 Å². The summed E-state index contributed by atoms with van der Waals surface area (Å²) in [6.07, 6.45) is 0.0596. The van der Waals surface area contributed by atoms with E-state index in [1.165, 1.54) is 0 Å². The molecule has 4 nitrogen and oxygen atoms in total. The average molecular weight is 246 g/mol. The summed E-state index contributed by atoms with van der Waals surface area (Å²) in [7, 11) is 0. The van der Waals surface area contributed by atoms with E-state index in [2.05, 4.69) is 25.2 Å². The molecule has 0 radical (unpaired) electrons. The van der Waals surface area contributed by atoms with Gasteiger partial charge in [-0.05, 0) is 38.1 Å². The van der Waals surface area contributed by atoms with Crippen molar-refractivity contribution in [2.75, 3.05) is 19.7 Å². The van der Waals surface area contributed by atoms with Crippen molar-refractivity contribution in [3.63, 3.8) is 0 Å². The number of nitrogens with zero attached hydrogens (tertiary/aromatic N) is 1. The van der Waals surface area contributed by atoms with Crippen LogP contribution in [0.5, 0.6) is 5.75 Å². The maximum Gasteiger partial charge on any atom is 0.119 e. The van der Waals surface area contributed by atoms with E-state index in [1.807, 2.05) is 0 Å². The van der Waals surface area contributed by atoms with Crippen LogP contribution in [0.15, 0.2) is 24.3 Å². The highest BCUT2D eigenvalue weighted by Crippen LogP contribution is 2.17. The third-order valence-corrected chi connectivity index (χ3v) is 2.83. The molecule has 0 bridgehead atoms. The highest BCUT2D eigenvalue weighted by molar-refractivity contribution is 5.34. The molecule has 1 atom stereocenters. The van der Waals surface area contributed by atoms with E-state index in [1.54, 1.807) is 24.3 Å². The van der Waals surface area contributed by atoms with Crippen LogP contribution in [-0.2, 0) is 4.74 Å². The minimum atomic E-state index is -0.142. The molecule has 0 aromatic heterocycles. The Hall–Kier alpha value is -1.57. The summed E-state index contributed by atoms with van der Waals surface area (Å²) in [4.78, 5) is 0. The smallest absolute Gasteiger partial charge is 0.119 e. The van der Waals surface area contributed by atoms with Gasteiger partial charge in [0, 0.05) is 13.1 Å². The summed E-state index contributed by atoms with van der Waals surface area (Å²) in [5.74, 6) is 0.765. The number of benzene rings is 1. The van der Waals surface area contributed by atoms with Crippen LogP contribution in [0.3, 0.4) is 0 Å². The Labute approximate surface area is 108 Å². The van der Waals surface area contributed by atoms with Crippen molar-refractivity contribution in [1.82, 2.24) is 5.32 Å². The molecule has 18 heavy (non-hydrogen) atoms. The summed E-state index contributed by atoms with van der Waals surface area (Å²) in [5, 5.41) is 12.0. The number of hydrogen-bond acceptors (Lipinski definition) is 4. The SMILES string of the molecule is CC1(C)CNCC(COc2ccc(C#N)cc2)O1. The van der Waals surface area contributed by atoms with E-state index in [0.717, 1.165) is 18.8 Å². The molecular formula is C14H18N2O2. The highest BCUT2D eigenvalue weighted by Gasteiger charge is 2.28. The van der Waals surface area contributed by atoms with Crippen LogP contribution in [0.2, 0.25) is 0 Å². The van der Waals surface area contributed by atoms with Crippen LogP contribution in [-0.4, -0.2) is 31.4 Å². The number of rotatable bonds is 3. The van der Waals surface area contributed by atoms with Gasteiger partial charge in [-0.1, -0.05) is 0 Å². The van der Waals surface area contributed by atoms with Gasteiger partial charge in [-0.15, -0.1) is 0 Å². The van der Waals surface area contributed by atoms with Crippen LogP contribution >= 0.6 is 0 Å². The van der Waals surface area contributed by atoms with Crippen molar-refractivity contribution in [1.29, 1.82) is 5.26 Å². The molecule has 1 heterocycles. The number of hydrogen-bond donors (Lipinski definition) is 1. The van der Waals surface area contributed by atoms with Gasteiger partial charge in [0.2, 0.25) is 0 Å². The lowest BCUT2D eigenvalue weighted by molar-refractivity contribution is -0.107. The summed E-state index contributed by atoms with van der Waals surface area (Å²) in [5.41, 5.74) is 0.496. The Morgan fingerprint density at radius 1 is 1.44 bits per heavy atom. The third-order valence-electron chi connectivity index (χ3n) is 2.83. The topological polar surface area (TPSA) is 54.3 Å². The quantitative estimate of drug-likeness (QED) is 0.882. The van der Waals surface area contributed by atoms with Crippen molar-refractivity contribution in [3.05, 3.63) is 29.8 Å². The van der Waals surface area contributed by atoms with Crippen molar-refractivity contribution in [2.24, 2.45) is 0 Å². The minimum Gasteiger partial charge on any atom is -0.491 e. The van der Waals surface area contributed by atoms with E-state index in [4.69, 9.17) is 14.7 Å². The normalized spacial score (nSPS) is 22.2. The first-order valence-corrected chi connectivity index (χ1v) is 6.10. The highest BCUT2D eigenvalue weighted by atomic mass is 16.5. The molecular weight excluding hydrogens is 228 g/mol. The molecule has 1 aromatic carbocycles. The zero-order valence-corrected chi connectivity index (χ0v) is 10.8. The Morgan fingerprint density at radius 3 is 2.78 bits per heavy atom. The third kappa shape index (κ3) is 3.46. The Balaban J connectivity index is 1.85. The van der Waals surface area contributed by atoms with Gasteiger partial charge in [0.05, 0.1) is 17.2 Å². The van der Waals surface area contributed by atoms with Crippen LogP contribution in [0.4, 0.5) is 0 Å². The summed E-state index contributed by atoms with van der Waals surface area (Å²) in [6, 6.07) is 9.19. The molecule has 2 rings (SSSR count). The fourth-order valence-corrected chi connectivity index (χ4v) is 1.98. The Bertz CT molecular complexity index is 434. The molecule has 1 saturated heterocycles. The molecule has 1 fully saturated rings. The summed E-state index contributed by atoms with van der Waals surface area (Å²) < 4.78 is 11.6. The predicted molar refractivity (Wildman–Crippen MR) is 68.5 cm³/mol. The van der Waals surface area contributed by atoms with Crippen molar-refractivity contribution in [3.8, 4) is 11.8 Å². The standard InChI is InChI=1S/C14H18N2O2/c1-14(2)10-16-8-13(18-14)9-17-12-5-3-11(7-15)4-6-12/h3-6,13,16H,8-10H2,1-2H3. The molecule has 1 aromatic rings. The van der Waals surface area contributed by atoms with Crippen LogP contribution in [0.25, 0.3) is 0 Å². The first-order valence-electron chi connectivity index (χ1n) is 6.10. The van der Waals surface area contributed by atoms with E-state index in [-0.39, 0.29) is 11.7 Å². The largest absolute Gasteiger partial charge is 0.491 e. The zero-order valence-electron chi connectivity index (χ0n) is 10.8. The lowest BCUT2D eigenvalue weighted by Gasteiger charge is -2.36. The molecule has 96 valence electrons. The number of nitrogens with one attached hydrogen (secondary N) is 1. The van der Waals surface area contributed by atoms with Crippen molar-refractivity contribution < 1.29 is 9.47 Å². The second-order valence-corrected chi connectivity index (χ2v) is 5.08. The average Bonchev–Trinajstić information content (AvgIpc) is 2.36. The zero-order chi connectivity index (χ0) is 13.0. The van der Waals surface area contributed by atoms with Gasteiger partial charge < -0.3 is 14.8 Å². The van der Waals surface area contributed by atoms with Gasteiger partial charge in [-0.2, -0.15) is 5.26 Å². The maximum atomic E-state index is 8.70. The molecule has 0 amide bonds. The number of nitriles is 1. The van der Waals surface area contributed by atoms with E-state index >= 15 is 0 Å². The van der Waals surface area contributed by atoms with Crippen molar-refractivity contribution in [2.45, 2.75) is 25.6 Å². The first-order chi connectivity index (χ1) is 8.59. The van der Waals surface area contributed by atoms with Gasteiger partial charge in [-0.25, -0.2) is 0 Å². The first kappa shape index (κ1) is 12.9. The van der Waals surface area contributed by atoms with Crippen LogP contribution in [0.1, 0.15) is 19.4 Å². The molecule has 0 spiro atoms. The molecule has 1 N–H and O–H groups in total. The Morgan fingerprint density at radius 2 is 2.17 bits per heavy atom. The predicted octanol–water partition coefficient (Wildman–Crippen LogP) is 1.70. The number of morpholine rings is 1. The lowest BCUT2D eigenvalue weighted by atomic mass is 10.1. The number of ether oxygens (including phenoxy) is 2. The molecule has 1 unspecified atom stereocenters. The molecule has 1 aliphatic heterocycles. The second-order valence-electron chi connectivity index (χ2n) is 5.08. The summed E-state index contributed by atoms with van der Waals surface area (Å²) in [6.45, 7) is 6.31. The molecule has 1 aliphatic rings. The molecule has 0 saturated carbocycles. The van der Waals surface area contributed by atoms with Gasteiger partial charge >= 0.3 is 0 Å². The van der Waals surface area contributed by atoms with Gasteiger partial charge in [0.15, 0.2) is 0 Å². The lowest BCUT2D eigenvalue weighted by Crippen LogP contribution is -2.52. The minimum absolute atomic E-state index is 0.0596. The van der Waals surface area contributed by atoms with Gasteiger partial charge in [0.25, 0.3) is 0 Å². The van der Waals surface area contributed by atoms with Gasteiger partial charge in [0.1, 0.15) is 18.5 Å². The van der Waals surface area contributed by atoms with Gasteiger partial charge in [-0.3, -0.25) is 0 Å². The monoisotopic (exact) mass is 246 g/mol. The maximum absolute atomic E-state index is 8.70. The van der Waals surface area contributed by atoms with Crippen LogP contribution in [0, 0.1) is 11.3 Å². The molecule has 4 heteroatoms. The summed E-state index contributed by atoms with van der Waals surface area (Å²) >= 11 is 0. The van der Waals surface area contributed by atoms with Crippen molar-refractivity contribution >= 4 is 0 Å². The Kier molecular flexibility index (Phi) is 3.85. The van der Waals surface area contributed by atoms with E-state index in [0.29, 0.717) is 12.2 Å².